The maximum Gasteiger partial charge on any atom is 0.270 e. The molecule has 1 aliphatic rings. The van der Waals surface area contributed by atoms with E-state index < -0.39 is 4.92 Å². The van der Waals surface area contributed by atoms with Crippen molar-refractivity contribution in [2.75, 3.05) is 13.2 Å². The molecule has 1 amide bonds. The summed E-state index contributed by atoms with van der Waals surface area (Å²) < 4.78 is 6.11. The van der Waals surface area contributed by atoms with Gasteiger partial charge in [0.25, 0.3) is 11.6 Å². The molecule has 108 valence electrons. The Hall–Kier alpha value is -1.47. The maximum atomic E-state index is 12.1. The number of nitro groups is 1. The van der Waals surface area contributed by atoms with E-state index in [2.05, 4.69) is 21.2 Å². The van der Waals surface area contributed by atoms with E-state index in [0.29, 0.717) is 17.6 Å². The van der Waals surface area contributed by atoms with Crippen molar-refractivity contribution in [2.24, 2.45) is 0 Å². The van der Waals surface area contributed by atoms with Gasteiger partial charge in [-0.1, -0.05) is 0 Å². The molecule has 1 heterocycles. The summed E-state index contributed by atoms with van der Waals surface area (Å²) in [5.41, 5.74) is -0.203. The molecule has 20 heavy (non-hydrogen) atoms. The van der Waals surface area contributed by atoms with Crippen LogP contribution in [0, 0.1) is 10.1 Å². The number of carbonyl (C=O) groups is 1. The number of nitrogens with one attached hydrogen (secondary N) is 1. The molecule has 6 nitrogen and oxygen atoms in total. The fourth-order valence-electron chi connectivity index (χ4n) is 2.14. The molecule has 1 saturated heterocycles. The van der Waals surface area contributed by atoms with Crippen LogP contribution in [-0.2, 0) is 4.74 Å². The van der Waals surface area contributed by atoms with Gasteiger partial charge in [0.15, 0.2) is 0 Å². The molecular weight excluding hydrogens is 328 g/mol. The van der Waals surface area contributed by atoms with Gasteiger partial charge in [-0.15, -0.1) is 0 Å². The van der Waals surface area contributed by atoms with E-state index in [-0.39, 0.29) is 22.8 Å². The van der Waals surface area contributed by atoms with Gasteiger partial charge in [-0.3, -0.25) is 14.9 Å². The minimum absolute atomic E-state index is 0.110. The van der Waals surface area contributed by atoms with Gasteiger partial charge in [0, 0.05) is 29.8 Å². The van der Waals surface area contributed by atoms with Crippen LogP contribution < -0.4 is 5.32 Å². The van der Waals surface area contributed by atoms with E-state index in [0.717, 1.165) is 12.8 Å². The van der Waals surface area contributed by atoms with Gasteiger partial charge in [-0.05, 0) is 41.8 Å². The van der Waals surface area contributed by atoms with Crippen LogP contribution in [-0.4, -0.2) is 29.6 Å². The molecular formula is C13H15BrN2O4. The number of nitro benzene ring substituents is 1. The Kier molecular flexibility index (Phi) is 4.39. The van der Waals surface area contributed by atoms with Crippen molar-refractivity contribution in [3.63, 3.8) is 0 Å². The number of benzene rings is 1. The van der Waals surface area contributed by atoms with Gasteiger partial charge in [-0.2, -0.15) is 0 Å². The lowest BCUT2D eigenvalue weighted by Gasteiger charge is -2.23. The summed E-state index contributed by atoms with van der Waals surface area (Å²) in [6, 6.07) is 4.11. The Labute approximate surface area is 124 Å². The number of carbonyl (C=O) groups excluding carboxylic acids is 1. The monoisotopic (exact) mass is 342 g/mol. The standard InChI is InChI=1S/C13H15BrN2O4/c1-13(5-2-6-20-13)8-15-12(17)10-7-9(16(18)19)3-4-11(10)14/h3-4,7H,2,5-6,8H2,1H3,(H,15,17). The first-order valence-electron chi connectivity index (χ1n) is 6.27. The van der Waals surface area contributed by atoms with Crippen LogP contribution in [0.2, 0.25) is 0 Å². The number of hydrogen-bond acceptors (Lipinski definition) is 4. The summed E-state index contributed by atoms with van der Waals surface area (Å²) in [6.07, 6.45) is 1.87. The van der Waals surface area contributed by atoms with Crippen molar-refractivity contribution in [3.05, 3.63) is 38.3 Å². The van der Waals surface area contributed by atoms with Crippen molar-refractivity contribution in [2.45, 2.75) is 25.4 Å². The summed E-state index contributed by atoms with van der Waals surface area (Å²) in [6.45, 7) is 3.04. The number of amides is 1. The number of hydrogen-bond donors (Lipinski definition) is 1. The fourth-order valence-corrected chi connectivity index (χ4v) is 2.57. The van der Waals surface area contributed by atoms with Crippen LogP contribution in [0.25, 0.3) is 0 Å². The minimum Gasteiger partial charge on any atom is -0.373 e. The van der Waals surface area contributed by atoms with Crippen LogP contribution in [0.15, 0.2) is 22.7 Å². The Morgan fingerprint density at radius 1 is 1.60 bits per heavy atom. The van der Waals surface area contributed by atoms with Crippen LogP contribution in [0.3, 0.4) is 0 Å². The SMILES string of the molecule is CC1(CNC(=O)c2cc([N+](=O)[O-])ccc2Br)CCCO1. The van der Waals surface area contributed by atoms with Crippen molar-refractivity contribution < 1.29 is 14.5 Å². The van der Waals surface area contributed by atoms with E-state index in [4.69, 9.17) is 4.74 Å². The number of rotatable bonds is 4. The van der Waals surface area contributed by atoms with Crippen LogP contribution in [0.5, 0.6) is 0 Å². The number of halogens is 1. The second-order valence-electron chi connectivity index (χ2n) is 5.01. The van der Waals surface area contributed by atoms with Gasteiger partial charge in [0.05, 0.1) is 16.1 Å². The van der Waals surface area contributed by atoms with Gasteiger partial charge < -0.3 is 10.1 Å². The average Bonchev–Trinajstić information content (AvgIpc) is 2.84. The van der Waals surface area contributed by atoms with E-state index in [1.807, 2.05) is 6.92 Å². The van der Waals surface area contributed by atoms with Gasteiger partial charge in [0.2, 0.25) is 0 Å². The third kappa shape index (κ3) is 3.34. The maximum absolute atomic E-state index is 12.1. The summed E-state index contributed by atoms with van der Waals surface area (Å²) in [5, 5.41) is 13.5. The van der Waals surface area contributed by atoms with E-state index >= 15 is 0 Å². The first-order valence-corrected chi connectivity index (χ1v) is 7.07. The largest absolute Gasteiger partial charge is 0.373 e. The zero-order valence-electron chi connectivity index (χ0n) is 11.0. The molecule has 7 heteroatoms. The molecule has 1 aromatic rings. The molecule has 0 spiro atoms. The lowest BCUT2D eigenvalue weighted by molar-refractivity contribution is -0.384. The molecule has 2 rings (SSSR count). The van der Waals surface area contributed by atoms with Crippen LogP contribution in [0.1, 0.15) is 30.1 Å². The van der Waals surface area contributed by atoms with Crippen molar-refractivity contribution >= 4 is 27.5 Å². The smallest absolute Gasteiger partial charge is 0.270 e. The molecule has 0 bridgehead atoms. The average molecular weight is 343 g/mol. The molecule has 0 aromatic heterocycles. The fraction of sp³-hybridized carbons (Fsp3) is 0.462. The lowest BCUT2D eigenvalue weighted by Crippen LogP contribution is -2.40. The molecule has 0 aliphatic carbocycles. The summed E-state index contributed by atoms with van der Waals surface area (Å²) >= 11 is 3.23. The zero-order chi connectivity index (χ0) is 14.8. The molecule has 1 aromatic carbocycles. The third-order valence-electron chi connectivity index (χ3n) is 3.33. The highest BCUT2D eigenvalue weighted by Gasteiger charge is 2.30. The predicted octanol–water partition coefficient (Wildman–Crippen LogP) is 2.66. The Balaban J connectivity index is 2.08. The van der Waals surface area contributed by atoms with E-state index in [9.17, 15) is 14.9 Å². The molecule has 0 saturated carbocycles. The van der Waals surface area contributed by atoms with Gasteiger partial charge in [0.1, 0.15) is 0 Å². The van der Waals surface area contributed by atoms with Crippen molar-refractivity contribution in [1.82, 2.24) is 5.32 Å². The second kappa shape index (κ2) is 5.88. The van der Waals surface area contributed by atoms with Crippen molar-refractivity contribution in [1.29, 1.82) is 0 Å². The summed E-state index contributed by atoms with van der Waals surface area (Å²) in [4.78, 5) is 22.3. The summed E-state index contributed by atoms with van der Waals surface area (Å²) in [7, 11) is 0. The first kappa shape index (κ1) is 14.9. The van der Waals surface area contributed by atoms with Gasteiger partial charge in [-0.25, -0.2) is 0 Å². The molecule has 1 N–H and O–H groups in total. The van der Waals surface area contributed by atoms with Crippen LogP contribution in [0.4, 0.5) is 5.69 Å². The number of non-ortho nitro benzene ring substituents is 1. The molecule has 1 aliphatic heterocycles. The molecule has 1 atom stereocenters. The minimum atomic E-state index is -0.523. The first-order chi connectivity index (χ1) is 9.41. The van der Waals surface area contributed by atoms with E-state index in [1.165, 1.54) is 18.2 Å². The molecule has 0 radical (unpaired) electrons. The predicted molar refractivity (Wildman–Crippen MR) is 76.7 cm³/mol. The molecule has 1 fully saturated rings. The van der Waals surface area contributed by atoms with E-state index in [1.54, 1.807) is 0 Å². The Morgan fingerprint density at radius 3 is 2.95 bits per heavy atom. The highest BCUT2D eigenvalue weighted by atomic mass is 79.9. The number of ether oxygens (including phenoxy) is 1. The topological polar surface area (TPSA) is 81.5 Å². The third-order valence-corrected chi connectivity index (χ3v) is 4.02. The molecule has 1 unspecified atom stereocenters. The zero-order valence-corrected chi connectivity index (χ0v) is 12.6. The van der Waals surface area contributed by atoms with Crippen LogP contribution >= 0.6 is 15.9 Å². The van der Waals surface area contributed by atoms with Crippen molar-refractivity contribution in [3.8, 4) is 0 Å². The normalized spacial score (nSPS) is 21.7. The number of nitrogens with zero attached hydrogens (tertiary/aromatic N) is 1. The highest BCUT2D eigenvalue weighted by Crippen LogP contribution is 2.25. The lowest BCUT2D eigenvalue weighted by atomic mass is 10.0. The Bertz CT molecular complexity index is 541. The summed E-state index contributed by atoms with van der Waals surface area (Å²) in [5.74, 6) is -0.350. The second-order valence-corrected chi connectivity index (χ2v) is 5.86. The Morgan fingerprint density at radius 2 is 2.35 bits per heavy atom. The highest BCUT2D eigenvalue weighted by molar-refractivity contribution is 9.10. The quantitative estimate of drug-likeness (QED) is 0.673. The van der Waals surface area contributed by atoms with Gasteiger partial charge >= 0.3 is 0 Å².